The van der Waals surface area contributed by atoms with Crippen LogP contribution in [0.15, 0.2) is 10.6 Å². The van der Waals surface area contributed by atoms with Gasteiger partial charge in [0.2, 0.25) is 0 Å². The quantitative estimate of drug-likeness (QED) is 0.823. The smallest absolute Gasteiger partial charge is 0.317 e. The standard InChI is InChI=1S/C11H13NO3/c13-10(14)11(4-5-11)8-6-12-9(15-8)7-2-1-3-7/h6-7H,1-5H2,(H,13,14). The van der Waals surface area contributed by atoms with Crippen LogP contribution in [0.5, 0.6) is 0 Å². The van der Waals surface area contributed by atoms with Crippen molar-refractivity contribution in [1.82, 2.24) is 4.98 Å². The number of nitrogens with zero attached hydrogens (tertiary/aromatic N) is 1. The first kappa shape index (κ1) is 8.95. The van der Waals surface area contributed by atoms with Crippen LogP contribution in [0.3, 0.4) is 0 Å². The second-order valence-corrected chi connectivity index (χ2v) is 4.58. The lowest BCUT2D eigenvalue weighted by atomic mass is 9.85. The van der Waals surface area contributed by atoms with Crippen LogP contribution in [-0.2, 0) is 10.2 Å². The summed E-state index contributed by atoms with van der Waals surface area (Å²) in [6.07, 6.45) is 6.45. The SMILES string of the molecule is O=C(O)C1(c2cnc(C3CCC3)o2)CC1. The molecule has 2 aliphatic carbocycles. The Hall–Kier alpha value is -1.32. The van der Waals surface area contributed by atoms with Crippen molar-refractivity contribution in [3.05, 3.63) is 17.8 Å². The molecule has 1 aromatic rings. The van der Waals surface area contributed by atoms with Crippen molar-refractivity contribution in [1.29, 1.82) is 0 Å². The first-order chi connectivity index (χ1) is 7.22. The number of rotatable bonds is 3. The van der Waals surface area contributed by atoms with Crippen LogP contribution in [0.1, 0.15) is 49.7 Å². The number of oxazole rings is 1. The molecule has 15 heavy (non-hydrogen) atoms. The van der Waals surface area contributed by atoms with E-state index in [4.69, 9.17) is 9.52 Å². The molecule has 80 valence electrons. The van der Waals surface area contributed by atoms with E-state index in [0.717, 1.165) is 18.7 Å². The van der Waals surface area contributed by atoms with Gasteiger partial charge in [0.1, 0.15) is 11.2 Å². The van der Waals surface area contributed by atoms with Gasteiger partial charge in [-0.15, -0.1) is 0 Å². The zero-order valence-corrected chi connectivity index (χ0v) is 8.40. The molecule has 0 aromatic carbocycles. The van der Waals surface area contributed by atoms with Crippen molar-refractivity contribution in [3.63, 3.8) is 0 Å². The van der Waals surface area contributed by atoms with Crippen molar-refractivity contribution < 1.29 is 14.3 Å². The highest BCUT2D eigenvalue weighted by Crippen LogP contribution is 2.49. The maximum Gasteiger partial charge on any atom is 0.317 e. The molecule has 2 saturated carbocycles. The van der Waals surface area contributed by atoms with Crippen LogP contribution in [0.4, 0.5) is 0 Å². The fourth-order valence-electron chi connectivity index (χ4n) is 2.04. The summed E-state index contributed by atoms with van der Waals surface area (Å²) in [7, 11) is 0. The fraction of sp³-hybridized carbons (Fsp3) is 0.636. The molecule has 1 heterocycles. The summed E-state index contributed by atoms with van der Waals surface area (Å²) in [6, 6.07) is 0. The first-order valence-corrected chi connectivity index (χ1v) is 5.42. The van der Waals surface area contributed by atoms with Gasteiger partial charge in [0, 0.05) is 5.92 Å². The predicted octanol–water partition coefficient (Wildman–Crippen LogP) is 2.06. The first-order valence-electron chi connectivity index (χ1n) is 5.42. The molecular formula is C11H13NO3. The maximum absolute atomic E-state index is 11.1. The molecule has 0 amide bonds. The second kappa shape index (κ2) is 2.84. The summed E-state index contributed by atoms with van der Waals surface area (Å²) in [5, 5.41) is 9.09. The lowest BCUT2D eigenvalue weighted by Gasteiger charge is -2.21. The Labute approximate surface area is 87.3 Å². The van der Waals surface area contributed by atoms with Gasteiger partial charge in [-0.05, 0) is 25.7 Å². The third kappa shape index (κ3) is 1.20. The Kier molecular flexibility index (Phi) is 1.69. The minimum absolute atomic E-state index is 0.434. The highest BCUT2D eigenvalue weighted by molar-refractivity contribution is 5.83. The topological polar surface area (TPSA) is 63.3 Å². The molecular weight excluding hydrogens is 194 g/mol. The van der Waals surface area contributed by atoms with Crippen molar-refractivity contribution in [2.75, 3.05) is 0 Å². The maximum atomic E-state index is 11.1. The Morgan fingerprint density at radius 1 is 1.53 bits per heavy atom. The predicted molar refractivity (Wildman–Crippen MR) is 51.6 cm³/mol. The number of aliphatic carboxylic acids is 1. The van der Waals surface area contributed by atoms with E-state index in [1.165, 1.54) is 6.42 Å². The minimum Gasteiger partial charge on any atom is -0.480 e. The van der Waals surface area contributed by atoms with Crippen LogP contribution < -0.4 is 0 Å². The average Bonchev–Trinajstić information content (AvgIpc) is 2.80. The van der Waals surface area contributed by atoms with Gasteiger partial charge >= 0.3 is 5.97 Å². The molecule has 0 spiro atoms. The number of hydrogen-bond acceptors (Lipinski definition) is 3. The molecule has 0 aliphatic heterocycles. The summed E-state index contributed by atoms with van der Waals surface area (Å²) in [5.41, 5.74) is -0.741. The molecule has 1 N–H and O–H groups in total. The Bertz CT molecular complexity index is 402. The van der Waals surface area contributed by atoms with E-state index in [9.17, 15) is 4.79 Å². The number of carbonyl (C=O) groups is 1. The molecule has 4 nitrogen and oxygen atoms in total. The average molecular weight is 207 g/mol. The summed E-state index contributed by atoms with van der Waals surface area (Å²) in [5.74, 6) is 0.947. The van der Waals surface area contributed by atoms with Crippen molar-refractivity contribution in [2.24, 2.45) is 0 Å². The van der Waals surface area contributed by atoms with E-state index < -0.39 is 11.4 Å². The van der Waals surface area contributed by atoms with Gasteiger partial charge in [-0.2, -0.15) is 0 Å². The van der Waals surface area contributed by atoms with Gasteiger partial charge in [0.05, 0.1) is 6.20 Å². The number of aromatic nitrogens is 1. The Balaban J connectivity index is 1.87. The van der Waals surface area contributed by atoms with E-state index in [-0.39, 0.29) is 0 Å². The van der Waals surface area contributed by atoms with Crippen molar-refractivity contribution in [2.45, 2.75) is 43.4 Å². The third-order valence-corrected chi connectivity index (χ3v) is 3.61. The molecule has 2 fully saturated rings. The molecule has 0 saturated heterocycles. The number of hydrogen-bond donors (Lipinski definition) is 1. The van der Waals surface area contributed by atoms with Crippen LogP contribution in [0.2, 0.25) is 0 Å². The zero-order chi connectivity index (χ0) is 10.5. The lowest BCUT2D eigenvalue weighted by molar-refractivity contribution is -0.140. The van der Waals surface area contributed by atoms with Crippen molar-refractivity contribution >= 4 is 5.97 Å². The normalized spacial score (nSPS) is 23.5. The summed E-state index contributed by atoms with van der Waals surface area (Å²) < 4.78 is 5.58. The minimum atomic E-state index is -0.779. The van der Waals surface area contributed by atoms with Crippen LogP contribution >= 0.6 is 0 Å². The second-order valence-electron chi connectivity index (χ2n) is 4.58. The molecule has 0 atom stereocenters. The van der Waals surface area contributed by atoms with E-state index in [1.54, 1.807) is 6.20 Å². The Morgan fingerprint density at radius 2 is 2.27 bits per heavy atom. The molecule has 4 heteroatoms. The highest BCUT2D eigenvalue weighted by atomic mass is 16.4. The summed E-state index contributed by atoms with van der Waals surface area (Å²) in [4.78, 5) is 15.3. The van der Waals surface area contributed by atoms with E-state index in [0.29, 0.717) is 24.5 Å². The van der Waals surface area contributed by atoms with Gasteiger partial charge in [-0.25, -0.2) is 4.98 Å². The van der Waals surface area contributed by atoms with Crippen LogP contribution in [0, 0.1) is 0 Å². The van der Waals surface area contributed by atoms with Crippen molar-refractivity contribution in [3.8, 4) is 0 Å². The summed E-state index contributed by atoms with van der Waals surface area (Å²) >= 11 is 0. The molecule has 3 rings (SSSR count). The van der Waals surface area contributed by atoms with Gasteiger partial charge in [-0.1, -0.05) is 6.42 Å². The molecule has 2 aliphatic rings. The van der Waals surface area contributed by atoms with E-state index in [1.807, 2.05) is 0 Å². The number of carboxylic acids is 1. The largest absolute Gasteiger partial charge is 0.480 e. The van der Waals surface area contributed by atoms with Gasteiger partial charge in [0.15, 0.2) is 5.89 Å². The molecule has 1 aromatic heterocycles. The van der Waals surface area contributed by atoms with E-state index >= 15 is 0 Å². The number of carboxylic acid groups (broad SMARTS) is 1. The molecule has 0 radical (unpaired) electrons. The van der Waals surface area contributed by atoms with Gasteiger partial charge in [0.25, 0.3) is 0 Å². The van der Waals surface area contributed by atoms with Gasteiger partial charge in [-0.3, -0.25) is 4.79 Å². The highest BCUT2D eigenvalue weighted by Gasteiger charge is 2.55. The molecule has 0 bridgehead atoms. The molecule has 0 unspecified atom stereocenters. The van der Waals surface area contributed by atoms with E-state index in [2.05, 4.69) is 4.98 Å². The fourth-order valence-corrected chi connectivity index (χ4v) is 2.04. The van der Waals surface area contributed by atoms with Crippen LogP contribution in [-0.4, -0.2) is 16.1 Å². The summed E-state index contributed by atoms with van der Waals surface area (Å²) in [6.45, 7) is 0. The monoisotopic (exact) mass is 207 g/mol. The van der Waals surface area contributed by atoms with Gasteiger partial charge < -0.3 is 9.52 Å². The third-order valence-electron chi connectivity index (χ3n) is 3.61. The zero-order valence-electron chi connectivity index (χ0n) is 8.40. The van der Waals surface area contributed by atoms with Crippen LogP contribution in [0.25, 0.3) is 0 Å². The Morgan fingerprint density at radius 3 is 2.73 bits per heavy atom. The lowest BCUT2D eigenvalue weighted by Crippen LogP contribution is -2.18.